The number of esters is 1. The summed E-state index contributed by atoms with van der Waals surface area (Å²) in [6.45, 7) is 10.8. The molecule has 1 saturated heterocycles. The van der Waals surface area contributed by atoms with E-state index in [0.717, 1.165) is 22.4 Å². The lowest BCUT2D eigenvalue weighted by molar-refractivity contribution is -0.164. The molecule has 402 valence electrons. The third-order valence-electron chi connectivity index (χ3n) is 13.2. The lowest BCUT2D eigenvalue weighted by Gasteiger charge is -2.36. The van der Waals surface area contributed by atoms with Crippen LogP contribution in [0.2, 0.25) is 0 Å². The molecule has 4 aromatic rings. The molecule has 5 rings (SSSR count). The van der Waals surface area contributed by atoms with Gasteiger partial charge in [0.25, 0.3) is 11.8 Å². The number of nitrogens with one attached hydrogen (secondary N) is 2. The van der Waals surface area contributed by atoms with Crippen molar-refractivity contribution >= 4 is 45.4 Å². The highest BCUT2D eigenvalue weighted by Crippen LogP contribution is 2.31. The van der Waals surface area contributed by atoms with Gasteiger partial charge in [-0.15, -0.1) is 0 Å². The average molecular weight is 1040 g/mol. The van der Waals surface area contributed by atoms with Crippen LogP contribution < -0.4 is 25.8 Å². The van der Waals surface area contributed by atoms with Crippen molar-refractivity contribution in [1.29, 1.82) is 0 Å². The minimum Gasteiger partial charge on any atom is -0.496 e. The number of likely N-dealkylation sites (tertiary alicyclic amines) is 1. The standard InChI is InChI=1S/C56H75N5O12S/c1-8-56(5,6)52(64)53(65)61-30-13-12-20-47(61)54(66)73-50(28-22-41-21-27-49(70-7)39(4)32-41)42-18-14-19-44(34-42)72-37-51(63)58-29-15-31-71-55(67)59-46(33-40-16-10-9-11-17-40)48(62)36-60(35-38(2)3)74(68,69)45-25-23-43(57)24-26-45/h9-11,14,16-19,21,23-27,32,34,38,46-48,50,62H,8,12-13,15,20,22,28-31,33,35-37,57H2,1-7H3,(H,58,63)(H,59,67). The number of hydrogen-bond acceptors (Lipinski definition) is 13. The molecule has 1 heterocycles. The molecule has 0 aromatic heterocycles. The summed E-state index contributed by atoms with van der Waals surface area (Å²) in [5, 5.41) is 17.0. The first-order valence-electron chi connectivity index (χ1n) is 25.4. The summed E-state index contributed by atoms with van der Waals surface area (Å²) < 4.78 is 51.7. The highest BCUT2D eigenvalue weighted by atomic mass is 32.2. The van der Waals surface area contributed by atoms with Crippen LogP contribution in [-0.4, -0.2) is 117 Å². The average Bonchev–Trinajstić information content (AvgIpc) is 3.38. The van der Waals surface area contributed by atoms with Crippen molar-refractivity contribution < 1.29 is 56.4 Å². The van der Waals surface area contributed by atoms with Gasteiger partial charge in [0.2, 0.25) is 15.8 Å². The van der Waals surface area contributed by atoms with Crippen LogP contribution >= 0.6 is 0 Å². The second-order valence-electron chi connectivity index (χ2n) is 19.8. The minimum absolute atomic E-state index is 0.0290. The van der Waals surface area contributed by atoms with Gasteiger partial charge >= 0.3 is 12.1 Å². The van der Waals surface area contributed by atoms with E-state index in [1.165, 1.54) is 33.5 Å². The molecule has 0 aliphatic carbocycles. The Morgan fingerprint density at radius 1 is 0.919 bits per heavy atom. The number of nitrogens with two attached hydrogens (primary N) is 1. The van der Waals surface area contributed by atoms with Gasteiger partial charge in [-0.05, 0) is 129 Å². The maximum Gasteiger partial charge on any atom is 0.407 e. The van der Waals surface area contributed by atoms with Crippen molar-refractivity contribution in [3.05, 3.63) is 119 Å². The number of hydrogen-bond donors (Lipinski definition) is 4. The molecule has 4 aromatic carbocycles. The number of methoxy groups -OCH3 is 1. The summed E-state index contributed by atoms with van der Waals surface area (Å²) in [6, 6.07) is 25.9. The first kappa shape index (κ1) is 58.4. The number of aliphatic hydroxyl groups is 1. The Balaban J connectivity index is 1.17. The fourth-order valence-corrected chi connectivity index (χ4v) is 10.1. The predicted molar refractivity (Wildman–Crippen MR) is 282 cm³/mol. The van der Waals surface area contributed by atoms with E-state index in [-0.39, 0.29) is 63.0 Å². The van der Waals surface area contributed by atoms with Crippen LogP contribution in [0.5, 0.6) is 11.5 Å². The summed E-state index contributed by atoms with van der Waals surface area (Å²) in [5.74, 6) is -1.22. The first-order chi connectivity index (χ1) is 35.2. The minimum atomic E-state index is -4.03. The number of anilines is 1. The Bertz CT molecular complexity index is 2610. The molecule has 4 unspecified atom stereocenters. The van der Waals surface area contributed by atoms with E-state index in [9.17, 15) is 37.5 Å². The molecule has 1 aliphatic heterocycles. The van der Waals surface area contributed by atoms with E-state index in [1.807, 2.05) is 76.2 Å². The normalized spacial score (nSPS) is 15.2. The molecular weight excluding hydrogens is 967 g/mol. The summed E-state index contributed by atoms with van der Waals surface area (Å²) in [5.41, 5.74) is 8.70. The van der Waals surface area contributed by atoms with Crippen molar-refractivity contribution in [2.24, 2.45) is 11.3 Å². The number of nitrogen functional groups attached to an aromatic ring is 1. The number of nitrogens with zero attached hydrogens (tertiary/aromatic N) is 2. The molecule has 17 nitrogen and oxygen atoms in total. The second-order valence-corrected chi connectivity index (χ2v) is 21.8. The maximum absolute atomic E-state index is 14.1. The Morgan fingerprint density at radius 3 is 2.32 bits per heavy atom. The maximum atomic E-state index is 14.1. The van der Waals surface area contributed by atoms with Crippen LogP contribution in [0.3, 0.4) is 0 Å². The molecule has 18 heteroatoms. The fraction of sp³-hybridized carbons (Fsp3) is 0.482. The number of aryl methyl sites for hydroxylation is 2. The quantitative estimate of drug-likeness (QED) is 0.0202. The zero-order chi connectivity index (χ0) is 54.0. The lowest BCUT2D eigenvalue weighted by Crippen LogP contribution is -2.53. The second kappa shape index (κ2) is 27.7. The van der Waals surface area contributed by atoms with E-state index >= 15 is 0 Å². The molecule has 5 N–H and O–H groups in total. The van der Waals surface area contributed by atoms with E-state index in [4.69, 9.17) is 24.7 Å². The summed E-state index contributed by atoms with van der Waals surface area (Å²) >= 11 is 0. The van der Waals surface area contributed by atoms with Gasteiger partial charge in [-0.1, -0.05) is 89.2 Å². The highest BCUT2D eigenvalue weighted by Gasteiger charge is 2.41. The molecule has 74 heavy (non-hydrogen) atoms. The van der Waals surface area contributed by atoms with Gasteiger partial charge in [-0.2, -0.15) is 4.31 Å². The monoisotopic (exact) mass is 1040 g/mol. The van der Waals surface area contributed by atoms with Crippen molar-refractivity contribution in [3.63, 3.8) is 0 Å². The molecule has 0 spiro atoms. The number of carbonyl (C=O) groups excluding carboxylic acids is 5. The van der Waals surface area contributed by atoms with Crippen LogP contribution in [0.15, 0.2) is 102 Å². The predicted octanol–water partition coefficient (Wildman–Crippen LogP) is 7.12. The Morgan fingerprint density at radius 2 is 1.65 bits per heavy atom. The van der Waals surface area contributed by atoms with Gasteiger partial charge in [-0.3, -0.25) is 14.4 Å². The van der Waals surface area contributed by atoms with Gasteiger partial charge in [0, 0.05) is 37.3 Å². The molecule has 1 fully saturated rings. The number of piperidine rings is 1. The summed E-state index contributed by atoms with van der Waals surface area (Å²) in [6.07, 6.45) is 0.630. The van der Waals surface area contributed by atoms with E-state index in [0.29, 0.717) is 55.5 Å². The van der Waals surface area contributed by atoms with Gasteiger partial charge < -0.3 is 45.3 Å². The van der Waals surface area contributed by atoms with Crippen LogP contribution in [0, 0.1) is 18.3 Å². The number of ether oxygens (including phenoxy) is 4. The molecular formula is C56H75N5O12S. The first-order valence-corrected chi connectivity index (χ1v) is 26.9. The van der Waals surface area contributed by atoms with Gasteiger partial charge in [0.15, 0.2) is 6.61 Å². The number of sulfonamides is 1. The zero-order valence-electron chi connectivity index (χ0n) is 43.8. The summed E-state index contributed by atoms with van der Waals surface area (Å²) in [7, 11) is -2.43. The van der Waals surface area contributed by atoms with Gasteiger partial charge in [0.1, 0.15) is 23.6 Å². The number of carbonyl (C=O) groups is 5. The lowest BCUT2D eigenvalue weighted by atomic mass is 9.84. The van der Waals surface area contributed by atoms with E-state index in [1.54, 1.807) is 45.2 Å². The zero-order valence-corrected chi connectivity index (χ0v) is 44.7. The van der Waals surface area contributed by atoms with E-state index < -0.39 is 69.4 Å². The number of alkyl carbamates (subject to hydrolysis) is 1. The van der Waals surface area contributed by atoms with Gasteiger partial charge in [-0.25, -0.2) is 18.0 Å². The third-order valence-corrected chi connectivity index (χ3v) is 15.0. The van der Waals surface area contributed by atoms with Crippen molar-refractivity contribution in [2.75, 3.05) is 52.2 Å². The van der Waals surface area contributed by atoms with Crippen LogP contribution in [-0.2, 0) is 51.5 Å². The largest absolute Gasteiger partial charge is 0.496 e. The Labute approximate surface area is 436 Å². The Kier molecular flexibility index (Phi) is 21.9. The van der Waals surface area contributed by atoms with E-state index in [2.05, 4.69) is 10.6 Å². The smallest absolute Gasteiger partial charge is 0.407 e. The molecule has 4 atom stereocenters. The Hall–Kier alpha value is -6.50. The molecule has 1 aliphatic rings. The molecule has 0 radical (unpaired) electrons. The number of Topliss-reactive ketones (excluding diaryl/α,β-unsaturated/α-hetero) is 1. The van der Waals surface area contributed by atoms with Crippen LogP contribution in [0.25, 0.3) is 0 Å². The molecule has 0 bridgehead atoms. The summed E-state index contributed by atoms with van der Waals surface area (Å²) in [4.78, 5) is 68.4. The topological polar surface area (TPSA) is 233 Å². The van der Waals surface area contributed by atoms with Crippen molar-refractivity contribution in [3.8, 4) is 11.5 Å². The highest BCUT2D eigenvalue weighted by molar-refractivity contribution is 7.89. The fourth-order valence-electron chi connectivity index (χ4n) is 8.52. The number of rotatable bonds is 27. The van der Waals surface area contributed by atoms with Crippen molar-refractivity contribution in [2.45, 2.75) is 122 Å². The van der Waals surface area contributed by atoms with Crippen molar-refractivity contribution in [1.82, 2.24) is 19.8 Å². The molecule has 3 amide bonds. The molecule has 0 saturated carbocycles. The number of ketones is 1. The SMILES string of the molecule is CCC(C)(C)C(=O)C(=O)N1CCCCC1C(=O)OC(CCc1ccc(OC)c(C)c1)c1cccc(OCC(=O)NCCCOC(=O)NC(Cc2ccccc2)C(O)CN(CC(C)C)S(=O)(=O)c2ccc(N)cc2)c1. The van der Waals surface area contributed by atoms with Gasteiger partial charge in [0.05, 0.1) is 30.8 Å². The third kappa shape index (κ3) is 17.0. The van der Waals surface area contributed by atoms with Crippen LogP contribution in [0.1, 0.15) is 102 Å². The number of amides is 3. The number of benzene rings is 4. The van der Waals surface area contributed by atoms with Crippen LogP contribution in [0.4, 0.5) is 10.5 Å². The number of aliphatic hydroxyl groups excluding tert-OH is 1.